The summed E-state index contributed by atoms with van der Waals surface area (Å²) in [5.74, 6) is 0.164. The highest BCUT2D eigenvalue weighted by molar-refractivity contribution is 6.30. The van der Waals surface area contributed by atoms with Crippen molar-refractivity contribution in [1.82, 2.24) is 9.97 Å². The first-order chi connectivity index (χ1) is 16.5. The van der Waals surface area contributed by atoms with Gasteiger partial charge in [0.1, 0.15) is 11.5 Å². The van der Waals surface area contributed by atoms with Gasteiger partial charge in [0, 0.05) is 10.7 Å². The third-order valence-electron chi connectivity index (χ3n) is 5.06. The molecule has 0 saturated carbocycles. The largest absolute Gasteiger partial charge is 0.481 e. The van der Waals surface area contributed by atoms with Gasteiger partial charge in [-0.2, -0.15) is 4.98 Å². The van der Waals surface area contributed by atoms with Gasteiger partial charge in [-0.3, -0.25) is 9.78 Å². The standard InChI is InChI=1S/C26H28ClN3O5/c1-14(2)9-21-23(25(33)30-26(29-21)35-20-8-6-7-19(27)12-20)28-17(5)18-10-15(3)24(16(4)11-18)34-13-22(31)32/h6-8,10-12,14H,9,13H2,1-5H3,(H,31,32)(H,29,30,33). The monoisotopic (exact) mass is 497 g/mol. The van der Waals surface area contributed by atoms with Crippen LogP contribution in [0.4, 0.5) is 5.69 Å². The summed E-state index contributed by atoms with van der Waals surface area (Å²) in [6, 6.07) is 10.6. The van der Waals surface area contributed by atoms with Crippen LogP contribution in [0.5, 0.6) is 17.5 Å². The van der Waals surface area contributed by atoms with Crippen molar-refractivity contribution < 1.29 is 19.4 Å². The number of nitrogens with zero attached hydrogens (tertiary/aromatic N) is 2. The third-order valence-corrected chi connectivity index (χ3v) is 5.29. The number of nitrogens with one attached hydrogen (secondary N) is 1. The van der Waals surface area contributed by atoms with Crippen LogP contribution in [0.3, 0.4) is 0 Å². The van der Waals surface area contributed by atoms with Gasteiger partial charge in [0.15, 0.2) is 12.3 Å². The van der Waals surface area contributed by atoms with E-state index in [1.54, 1.807) is 31.2 Å². The minimum atomic E-state index is -1.04. The van der Waals surface area contributed by atoms with E-state index in [1.807, 2.05) is 39.8 Å². The minimum absolute atomic E-state index is 0.0659. The quantitative estimate of drug-likeness (QED) is 0.370. The maximum atomic E-state index is 13.0. The molecule has 184 valence electrons. The summed E-state index contributed by atoms with van der Waals surface area (Å²) >= 11 is 6.02. The summed E-state index contributed by atoms with van der Waals surface area (Å²) in [4.78, 5) is 35.7. The highest BCUT2D eigenvalue weighted by Crippen LogP contribution is 2.27. The van der Waals surface area contributed by atoms with Crippen molar-refractivity contribution in [2.45, 2.75) is 41.0 Å². The molecule has 0 radical (unpaired) electrons. The highest BCUT2D eigenvalue weighted by Gasteiger charge is 2.16. The van der Waals surface area contributed by atoms with Crippen LogP contribution < -0.4 is 15.0 Å². The first kappa shape index (κ1) is 26.0. The fourth-order valence-corrected chi connectivity index (χ4v) is 3.76. The van der Waals surface area contributed by atoms with E-state index >= 15 is 0 Å². The van der Waals surface area contributed by atoms with Crippen molar-refractivity contribution >= 4 is 29.0 Å². The summed E-state index contributed by atoms with van der Waals surface area (Å²) in [5.41, 5.74) is 3.28. The summed E-state index contributed by atoms with van der Waals surface area (Å²) < 4.78 is 11.1. The number of benzene rings is 2. The zero-order valence-electron chi connectivity index (χ0n) is 20.3. The average molecular weight is 498 g/mol. The molecule has 35 heavy (non-hydrogen) atoms. The Balaban J connectivity index is 1.99. The van der Waals surface area contributed by atoms with Gasteiger partial charge >= 0.3 is 12.0 Å². The van der Waals surface area contributed by atoms with Gasteiger partial charge in [-0.1, -0.05) is 31.5 Å². The topological polar surface area (TPSA) is 114 Å². The molecule has 0 aliphatic heterocycles. The summed E-state index contributed by atoms with van der Waals surface area (Å²) in [6.07, 6.45) is 0.530. The lowest BCUT2D eigenvalue weighted by Crippen LogP contribution is -2.14. The average Bonchev–Trinajstić information content (AvgIpc) is 2.74. The number of halogens is 1. The van der Waals surface area contributed by atoms with Crippen LogP contribution in [0.25, 0.3) is 0 Å². The van der Waals surface area contributed by atoms with Gasteiger partial charge in [0.2, 0.25) is 0 Å². The van der Waals surface area contributed by atoms with E-state index in [4.69, 9.17) is 26.2 Å². The van der Waals surface area contributed by atoms with Crippen molar-refractivity contribution in [3.8, 4) is 17.5 Å². The number of hydrogen-bond donors (Lipinski definition) is 2. The van der Waals surface area contributed by atoms with Gasteiger partial charge in [-0.05, 0) is 80.1 Å². The molecule has 0 amide bonds. The van der Waals surface area contributed by atoms with E-state index in [-0.39, 0.29) is 17.6 Å². The second-order valence-corrected chi connectivity index (χ2v) is 9.08. The summed E-state index contributed by atoms with van der Waals surface area (Å²) in [6.45, 7) is 9.12. The lowest BCUT2D eigenvalue weighted by molar-refractivity contribution is -0.139. The number of H-pyrrole nitrogens is 1. The van der Waals surface area contributed by atoms with Crippen molar-refractivity contribution in [2.75, 3.05) is 6.61 Å². The van der Waals surface area contributed by atoms with Crippen LogP contribution in [-0.2, 0) is 11.2 Å². The molecule has 3 aromatic rings. The zero-order chi connectivity index (χ0) is 25.7. The molecule has 0 atom stereocenters. The summed E-state index contributed by atoms with van der Waals surface area (Å²) in [7, 11) is 0. The Labute approximate surface area is 208 Å². The predicted octanol–water partition coefficient (Wildman–Crippen LogP) is 5.64. The fourth-order valence-electron chi connectivity index (χ4n) is 3.58. The van der Waals surface area contributed by atoms with Crippen LogP contribution >= 0.6 is 11.6 Å². The number of hydrogen-bond acceptors (Lipinski definition) is 6. The third kappa shape index (κ3) is 6.93. The van der Waals surface area contributed by atoms with E-state index in [0.717, 1.165) is 16.7 Å². The van der Waals surface area contributed by atoms with Crippen LogP contribution in [-0.4, -0.2) is 33.4 Å². The van der Waals surface area contributed by atoms with Gasteiger partial charge in [0.25, 0.3) is 5.56 Å². The Morgan fingerprint density at radius 1 is 1.20 bits per heavy atom. The lowest BCUT2D eigenvalue weighted by atomic mass is 10.0. The number of rotatable bonds is 9. The van der Waals surface area contributed by atoms with Crippen LogP contribution in [0.2, 0.25) is 5.02 Å². The van der Waals surface area contributed by atoms with Crippen molar-refractivity contribution in [2.24, 2.45) is 10.9 Å². The molecule has 0 fully saturated rings. The van der Waals surface area contributed by atoms with Crippen LogP contribution in [0.15, 0.2) is 46.2 Å². The number of aliphatic imine (C=N–C) groups is 1. The van der Waals surface area contributed by atoms with Gasteiger partial charge in [-0.15, -0.1) is 0 Å². The molecule has 2 N–H and O–H groups in total. The van der Waals surface area contributed by atoms with Gasteiger partial charge in [0.05, 0.1) is 5.69 Å². The number of carbonyl (C=O) groups is 1. The number of carboxylic acids is 1. The second kappa shape index (κ2) is 11.2. The predicted molar refractivity (Wildman–Crippen MR) is 136 cm³/mol. The molecule has 0 bridgehead atoms. The number of ether oxygens (including phenoxy) is 2. The van der Waals surface area contributed by atoms with E-state index in [9.17, 15) is 9.59 Å². The molecule has 0 saturated heterocycles. The molecule has 2 aromatic carbocycles. The zero-order valence-corrected chi connectivity index (χ0v) is 21.1. The van der Waals surface area contributed by atoms with Gasteiger partial charge in [-0.25, -0.2) is 9.79 Å². The minimum Gasteiger partial charge on any atom is -0.481 e. The van der Waals surface area contributed by atoms with Crippen molar-refractivity contribution in [3.63, 3.8) is 0 Å². The maximum Gasteiger partial charge on any atom is 0.341 e. The molecular weight excluding hydrogens is 470 g/mol. The van der Waals surface area contributed by atoms with Crippen molar-refractivity contribution in [1.29, 1.82) is 0 Å². The molecule has 8 nitrogen and oxygen atoms in total. The number of aliphatic carboxylic acids is 1. The fraction of sp³-hybridized carbons (Fsp3) is 0.308. The SMILES string of the molecule is CC(=Nc1c(CC(C)C)nc(Oc2cccc(Cl)c2)[nH]c1=O)c1cc(C)c(OCC(=O)O)c(C)c1. The maximum absolute atomic E-state index is 13.0. The van der Waals surface area contributed by atoms with Crippen LogP contribution in [0, 0.1) is 19.8 Å². The molecule has 1 heterocycles. The molecule has 9 heteroatoms. The van der Waals surface area contributed by atoms with Gasteiger partial charge < -0.3 is 14.6 Å². The normalized spacial score (nSPS) is 11.6. The Morgan fingerprint density at radius 2 is 1.89 bits per heavy atom. The first-order valence-electron chi connectivity index (χ1n) is 11.1. The molecule has 0 aliphatic rings. The Morgan fingerprint density at radius 3 is 2.49 bits per heavy atom. The first-order valence-corrected chi connectivity index (χ1v) is 11.5. The molecule has 3 rings (SSSR count). The van der Waals surface area contributed by atoms with E-state index in [0.29, 0.717) is 34.3 Å². The lowest BCUT2D eigenvalue weighted by Gasteiger charge is -2.14. The number of carboxylic acid groups (broad SMARTS) is 1. The summed E-state index contributed by atoms with van der Waals surface area (Å²) in [5, 5.41) is 9.40. The van der Waals surface area contributed by atoms with Crippen LogP contribution in [0.1, 0.15) is 43.2 Å². The Bertz CT molecular complexity index is 1310. The van der Waals surface area contributed by atoms with E-state index in [2.05, 4.69) is 15.0 Å². The Kier molecular flexibility index (Phi) is 8.30. The van der Waals surface area contributed by atoms with Crippen molar-refractivity contribution in [3.05, 3.63) is 74.2 Å². The van der Waals surface area contributed by atoms with E-state index < -0.39 is 18.1 Å². The molecule has 0 aliphatic carbocycles. The molecular formula is C26H28ClN3O5. The molecule has 0 spiro atoms. The second-order valence-electron chi connectivity index (χ2n) is 8.64. The van der Waals surface area contributed by atoms with E-state index in [1.165, 1.54) is 0 Å². The smallest absolute Gasteiger partial charge is 0.341 e. The number of aromatic amines is 1. The Hall–Kier alpha value is -3.65. The molecule has 0 unspecified atom stereocenters. The highest BCUT2D eigenvalue weighted by atomic mass is 35.5. The number of aryl methyl sites for hydroxylation is 2. The number of aromatic nitrogens is 2. The molecule has 1 aromatic heterocycles.